The highest BCUT2D eigenvalue weighted by molar-refractivity contribution is 7.88. The van der Waals surface area contributed by atoms with Gasteiger partial charge in [-0.05, 0) is 25.5 Å². The Bertz CT molecular complexity index is 1140. The van der Waals surface area contributed by atoms with Gasteiger partial charge >= 0.3 is 0 Å². The lowest BCUT2D eigenvalue weighted by Gasteiger charge is -2.34. The van der Waals surface area contributed by atoms with Crippen molar-refractivity contribution in [3.05, 3.63) is 41.9 Å². The highest BCUT2D eigenvalue weighted by Crippen LogP contribution is 2.30. The van der Waals surface area contributed by atoms with E-state index in [1.165, 1.54) is 10.6 Å². The van der Waals surface area contributed by atoms with Crippen LogP contribution in [-0.2, 0) is 16.4 Å². The number of sulfonamides is 1. The number of unbranched alkanes of at least 4 members (excludes halogenated alkanes) is 1. The van der Waals surface area contributed by atoms with E-state index in [0.717, 1.165) is 53.3 Å². The topological polar surface area (TPSA) is 84.2 Å². The summed E-state index contributed by atoms with van der Waals surface area (Å²) in [6.07, 6.45) is 4.16. The van der Waals surface area contributed by atoms with Crippen molar-refractivity contribution in [1.82, 2.24) is 24.1 Å². The summed E-state index contributed by atoms with van der Waals surface area (Å²) in [5, 5.41) is 5.71. The SMILES string of the molecule is CCCCc1nc(N2CCN(S(C)(=O)=O)CC2)c2c(C)nn(-c3ccccc3)c2n1. The predicted octanol–water partition coefficient (Wildman–Crippen LogP) is 2.55. The lowest BCUT2D eigenvalue weighted by Crippen LogP contribution is -2.48. The zero-order valence-corrected chi connectivity index (χ0v) is 18.6. The van der Waals surface area contributed by atoms with Crippen LogP contribution in [-0.4, -0.2) is 64.9 Å². The molecule has 0 radical (unpaired) electrons. The number of hydrogen-bond acceptors (Lipinski definition) is 6. The van der Waals surface area contributed by atoms with Crippen LogP contribution in [0, 0.1) is 6.92 Å². The van der Waals surface area contributed by atoms with E-state index in [0.29, 0.717) is 26.2 Å². The van der Waals surface area contributed by atoms with Crippen molar-refractivity contribution in [2.75, 3.05) is 37.3 Å². The minimum atomic E-state index is -3.18. The first-order valence-corrected chi connectivity index (χ1v) is 12.2. The molecule has 0 atom stereocenters. The summed E-state index contributed by atoms with van der Waals surface area (Å²) in [6.45, 7) is 6.25. The van der Waals surface area contributed by atoms with Gasteiger partial charge in [0.25, 0.3) is 0 Å². The van der Waals surface area contributed by atoms with Gasteiger partial charge in [-0.2, -0.15) is 9.40 Å². The zero-order chi connectivity index (χ0) is 21.3. The van der Waals surface area contributed by atoms with Gasteiger partial charge in [0.15, 0.2) is 5.65 Å². The smallest absolute Gasteiger partial charge is 0.211 e. The third-order valence-corrected chi connectivity index (χ3v) is 6.79. The van der Waals surface area contributed by atoms with Gasteiger partial charge in [0.05, 0.1) is 23.0 Å². The second-order valence-corrected chi connectivity index (χ2v) is 9.73. The molecule has 8 nitrogen and oxygen atoms in total. The molecule has 1 aliphatic heterocycles. The summed E-state index contributed by atoms with van der Waals surface area (Å²) in [5.41, 5.74) is 2.64. The Morgan fingerprint density at radius 2 is 1.73 bits per heavy atom. The molecule has 0 aliphatic carbocycles. The van der Waals surface area contributed by atoms with Gasteiger partial charge in [-0.15, -0.1) is 0 Å². The minimum Gasteiger partial charge on any atom is -0.353 e. The highest BCUT2D eigenvalue weighted by atomic mass is 32.2. The van der Waals surface area contributed by atoms with Crippen LogP contribution in [0.15, 0.2) is 30.3 Å². The maximum absolute atomic E-state index is 11.9. The van der Waals surface area contributed by atoms with Gasteiger partial charge in [0.2, 0.25) is 10.0 Å². The molecule has 0 spiro atoms. The van der Waals surface area contributed by atoms with E-state index in [2.05, 4.69) is 11.8 Å². The monoisotopic (exact) mass is 428 g/mol. The number of nitrogens with zero attached hydrogens (tertiary/aromatic N) is 6. The van der Waals surface area contributed by atoms with Gasteiger partial charge in [0.1, 0.15) is 11.6 Å². The van der Waals surface area contributed by atoms with E-state index in [9.17, 15) is 8.42 Å². The molecule has 0 saturated carbocycles. The highest BCUT2D eigenvalue weighted by Gasteiger charge is 2.27. The summed E-state index contributed by atoms with van der Waals surface area (Å²) >= 11 is 0. The maximum atomic E-state index is 11.9. The molecule has 0 unspecified atom stereocenters. The molecule has 3 aromatic rings. The molecule has 0 bridgehead atoms. The number of aromatic nitrogens is 4. The van der Waals surface area contributed by atoms with Crippen LogP contribution in [0.5, 0.6) is 0 Å². The summed E-state index contributed by atoms with van der Waals surface area (Å²) in [7, 11) is -3.18. The van der Waals surface area contributed by atoms with Crippen molar-refractivity contribution >= 4 is 26.9 Å². The molecular weight excluding hydrogens is 400 g/mol. The van der Waals surface area contributed by atoms with Crippen LogP contribution in [0.3, 0.4) is 0 Å². The van der Waals surface area contributed by atoms with E-state index < -0.39 is 10.0 Å². The third-order valence-electron chi connectivity index (χ3n) is 5.49. The molecule has 0 N–H and O–H groups in total. The van der Waals surface area contributed by atoms with Crippen LogP contribution in [0.2, 0.25) is 0 Å². The van der Waals surface area contributed by atoms with Crippen molar-refractivity contribution in [3.8, 4) is 5.69 Å². The first kappa shape index (κ1) is 20.7. The van der Waals surface area contributed by atoms with E-state index in [1.54, 1.807) is 0 Å². The number of para-hydroxylation sites is 1. The third kappa shape index (κ3) is 4.04. The van der Waals surface area contributed by atoms with Crippen LogP contribution in [0.4, 0.5) is 5.82 Å². The number of benzene rings is 1. The number of aryl methyl sites for hydroxylation is 2. The summed E-state index contributed by atoms with van der Waals surface area (Å²) in [5.74, 6) is 1.67. The normalized spacial score (nSPS) is 15.8. The van der Waals surface area contributed by atoms with E-state index >= 15 is 0 Å². The Hall–Kier alpha value is -2.52. The maximum Gasteiger partial charge on any atom is 0.211 e. The van der Waals surface area contributed by atoms with Crippen LogP contribution in [0.1, 0.15) is 31.3 Å². The summed E-state index contributed by atoms with van der Waals surface area (Å²) in [6, 6.07) is 10.00. The van der Waals surface area contributed by atoms with E-state index in [-0.39, 0.29) is 0 Å². The van der Waals surface area contributed by atoms with Crippen LogP contribution >= 0.6 is 0 Å². The number of piperazine rings is 1. The van der Waals surface area contributed by atoms with Crippen molar-refractivity contribution in [2.45, 2.75) is 33.1 Å². The summed E-state index contributed by atoms with van der Waals surface area (Å²) < 4.78 is 27.2. The molecule has 1 saturated heterocycles. The van der Waals surface area contributed by atoms with Gasteiger partial charge in [-0.1, -0.05) is 31.5 Å². The molecule has 1 aromatic carbocycles. The summed E-state index contributed by atoms with van der Waals surface area (Å²) in [4.78, 5) is 12.0. The Morgan fingerprint density at radius 1 is 1.03 bits per heavy atom. The fraction of sp³-hybridized carbons (Fsp3) is 0.476. The Morgan fingerprint density at radius 3 is 2.37 bits per heavy atom. The Kier molecular flexibility index (Phi) is 5.75. The largest absolute Gasteiger partial charge is 0.353 e. The van der Waals surface area contributed by atoms with Gasteiger partial charge < -0.3 is 4.90 Å². The molecular formula is C21H28N6O2S. The lowest BCUT2D eigenvalue weighted by molar-refractivity contribution is 0.387. The Balaban J connectivity index is 1.79. The number of hydrogen-bond donors (Lipinski definition) is 0. The van der Waals surface area contributed by atoms with Crippen molar-refractivity contribution in [2.24, 2.45) is 0 Å². The van der Waals surface area contributed by atoms with Crippen molar-refractivity contribution in [1.29, 1.82) is 0 Å². The predicted molar refractivity (Wildman–Crippen MR) is 119 cm³/mol. The fourth-order valence-electron chi connectivity index (χ4n) is 3.86. The average Bonchev–Trinajstić information content (AvgIpc) is 3.08. The molecule has 30 heavy (non-hydrogen) atoms. The lowest BCUT2D eigenvalue weighted by atomic mass is 10.2. The molecule has 4 rings (SSSR count). The average molecular weight is 429 g/mol. The molecule has 3 heterocycles. The zero-order valence-electron chi connectivity index (χ0n) is 17.7. The Labute approximate surface area is 177 Å². The minimum absolute atomic E-state index is 0.459. The van der Waals surface area contributed by atoms with E-state index in [4.69, 9.17) is 15.1 Å². The number of rotatable bonds is 6. The molecule has 2 aromatic heterocycles. The first-order valence-electron chi connectivity index (χ1n) is 10.4. The molecule has 1 fully saturated rings. The fourth-order valence-corrected chi connectivity index (χ4v) is 4.69. The van der Waals surface area contributed by atoms with Gasteiger partial charge in [0, 0.05) is 32.6 Å². The van der Waals surface area contributed by atoms with Gasteiger partial charge in [-0.25, -0.2) is 23.1 Å². The second kappa shape index (κ2) is 8.31. The number of fused-ring (bicyclic) bond motifs is 1. The second-order valence-electron chi connectivity index (χ2n) is 7.75. The number of anilines is 1. The van der Waals surface area contributed by atoms with Crippen LogP contribution in [0.25, 0.3) is 16.7 Å². The quantitative estimate of drug-likeness (QED) is 0.600. The van der Waals surface area contributed by atoms with Gasteiger partial charge in [-0.3, -0.25) is 0 Å². The molecule has 9 heteroatoms. The van der Waals surface area contributed by atoms with Crippen LogP contribution < -0.4 is 4.90 Å². The van der Waals surface area contributed by atoms with Crippen molar-refractivity contribution < 1.29 is 8.42 Å². The van der Waals surface area contributed by atoms with Crippen molar-refractivity contribution in [3.63, 3.8) is 0 Å². The molecule has 0 amide bonds. The van der Waals surface area contributed by atoms with E-state index in [1.807, 2.05) is 41.9 Å². The standard InChI is InChI=1S/C21H28N6O2S/c1-4-5-11-18-22-20(25-12-14-26(15-13-25)30(3,28)29)19-16(2)24-27(21(19)23-18)17-9-7-6-8-10-17/h6-10H,4-5,11-15H2,1-3H3. The first-order chi connectivity index (χ1) is 14.4. The molecule has 1 aliphatic rings. The molecule has 160 valence electrons.